The maximum absolute atomic E-state index is 13.4. The SMILES string of the molecule is NCC1(c2ccc(C(F)(F)F)c(F)c2)CCC1. The number of hydrogen-bond acceptors (Lipinski definition) is 1. The second-order valence-corrected chi connectivity index (χ2v) is 4.53. The molecule has 1 aliphatic carbocycles. The zero-order valence-corrected chi connectivity index (χ0v) is 9.15. The highest BCUT2D eigenvalue weighted by atomic mass is 19.4. The van der Waals surface area contributed by atoms with Gasteiger partial charge in [-0.15, -0.1) is 0 Å². The lowest BCUT2D eigenvalue weighted by molar-refractivity contribution is -0.140. The molecule has 0 radical (unpaired) electrons. The van der Waals surface area contributed by atoms with Crippen molar-refractivity contribution in [3.63, 3.8) is 0 Å². The fraction of sp³-hybridized carbons (Fsp3) is 0.500. The van der Waals surface area contributed by atoms with Gasteiger partial charge >= 0.3 is 6.18 Å². The van der Waals surface area contributed by atoms with E-state index in [1.54, 1.807) is 0 Å². The first-order chi connectivity index (χ1) is 7.89. The molecule has 0 saturated heterocycles. The maximum atomic E-state index is 13.4. The smallest absolute Gasteiger partial charge is 0.330 e. The average Bonchev–Trinajstić information content (AvgIpc) is 2.14. The Kier molecular flexibility index (Phi) is 2.89. The lowest BCUT2D eigenvalue weighted by Crippen LogP contribution is -2.41. The first-order valence-corrected chi connectivity index (χ1v) is 5.46. The maximum Gasteiger partial charge on any atom is 0.419 e. The zero-order chi connectivity index (χ0) is 12.7. The van der Waals surface area contributed by atoms with Crippen LogP contribution in [-0.4, -0.2) is 6.54 Å². The molecule has 17 heavy (non-hydrogen) atoms. The van der Waals surface area contributed by atoms with E-state index in [9.17, 15) is 17.6 Å². The summed E-state index contributed by atoms with van der Waals surface area (Å²) in [6.45, 7) is 0.345. The van der Waals surface area contributed by atoms with Crippen molar-refractivity contribution in [1.29, 1.82) is 0 Å². The summed E-state index contributed by atoms with van der Waals surface area (Å²) in [5.41, 5.74) is 4.68. The first-order valence-electron chi connectivity index (χ1n) is 5.46. The van der Waals surface area contributed by atoms with E-state index in [-0.39, 0.29) is 5.41 Å². The molecule has 0 amide bonds. The molecule has 1 fully saturated rings. The van der Waals surface area contributed by atoms with Crippen molar-refractivity contribution in [2.45, 2.75) is 30.9 Å². The molecule has 1 aromatic rings. The summed E-state index contributed by atoms with van der Waals surface area (Å²) in [6, 6.07) is 3.13. The summed E-state index contributed by atoms with van der Waals surface area (Å²) < 4.78 is 50.6. The van der Waals surface area contributed by atoms with Crippen molar-refractivity contribution < 1.29 is 17.6 Å². The van der Waals surface area contributed by atoms with Gasteiger partial charge in [-0.2, -0.15) is 13.2 Å². The monoisotopic (exact) mass is 247 g/mol. The number of rotatable bonds is 2. The Balaban J connectivity index is 2.37. The van der Waals surface area contributed by atoms with Crippen LogP contribution in [0.25, 0.3) is 0 Å². The molecule has 2 N–H and O–H groups in total. The van der Waals surface area contributed by atoms with Gasteiger partial charge in [0.2, 0.25) is 0 Å². The van der Waals surface area contributed by atoms with E-state index in [2.05, 4.69) is 0 Å². The van der Waals surface area contributed by atoms with Crippen LogP contribution in [0.2, 0.25) is 0 Å². The molecule has 0 atom stereocenters. The summed E-state index contributed by atoms with van der Waals surface area (Å²) in [7, 11) is 0. The third-order valence-electron chi connectivity index (χ3n) is 3.59. The Morgan fingerprint density at radius 3 is 2.24 bits per heavy atom. The highest BCUT2D eigenvalue weighted by Crippen LogP contribution is 2.44. The van der Waals surface area contributed by atoms with E-state index in [0.29, 0.717) is 12.1 Å². The number of halogens is 4. The Morgan fingerprint density at radius 2 is 1.88 bits per heavy atom. The van der Waals surface area contributed by atoms with Gasteiger partial charge < -0.3 is 5.73 Å². The van der Waals surface area contributed by atoms with Crippen LogP contribution >= 0.6 is 0 Å². The van der Waals surface area contributed by atoms with Gasteiger partial charge in [0.15, 0.2) is 0 Å². The molecule has 0 spiro atoms. The largest absolute Gasteiger partial charge is 0.419 e. The summed E-state index contributed by atoms with van der Waals surface area (Å²) in [5, 5.41) is 0. The summed E-state index contributed by atoms with van der Waals surface area (Å²) >= 11 is 0. The minimum Gasteiger partial charge on any atom is -0.330 e. The van der Waals surface area contributed by atoms with E-state index < -0.39 is 17.6 Å². The van der Waals surface area contributed by atoms with Gasteiger partial charge in [0.25, 0.3) is 0 Å². The molecule has 1 aromatic carbocycles. The van der Waals surface area contributed by atoms with Crippen molar-refractivity contribution in [2.75, 3.05) is 6.54 Å². The van der Waals surface area contributed by atoms with Crippen LogP contribution in [0.4, 0.5) is 17.6 Å². The van der Waals surface area contributed by atoms with Crippen LogP contribution in [0.5, 0.6) is 0 Å². The van der Waals surface area contributed by atoms with Gasteiger partial charge in [0.1, 0.15) is 5.82 Å². The van der Waals surface area contributed by atoms with E-state index in [0.717, 1.165) is 31.4 Å². The van der Waals surface area contributed by atoms with E-state index in [4.69, 9.17) is 5.73 Å². The number of alkyl halides is 3. The van der Waals surface area contributed by atoms with Crippen LogP contribution in [0.1, 0.15) is 30.4 Å². The average molecular weight is 247 g/mol. The molecule has 1 nitrogen and oxygen atoms in total. The third-order valence-corrected chi connectivity index (χ3v) is 3.59. The Hall–Kier alpha value is -1.10. The van der Waals surface area contributed by atoms with Crippen molar-refractivity contribution in [3.05, 3.63) is 35.1 Å². The van der Waals surface area contributed by atoms with Crippen LogP contribution in [0.3, 0.4) is 0 Å². The quantitative estimate of drug-likeness (QED) is 0.798. The third kappa shape index (κ3) is 2.04. The minimum atomic E-state index is -4.64. The lowest BCUT2D eigenvalue weighted by atomic mass is 9.64. The highest BCUT2D eigenvalue weighted by molar-refractivity contribution is 5.33. The van der Waals surface area contributed by atoms with E-state index >= 15 is 0 Å². The van der Waals surface area contributed by atoms with Crippen LogP contribution in [-0.2, 0) is 11.6 Å². The molecule has 94 valence electrons. The standard InChI is InChI=1S/C12H13F4N/c13-10-6-8(11(7-17)4-1-5-11)2-3-9(10)12(14,15)16/h2-3,6H,1,4-5,7,17H2. The van der Waals surface area contributed by atoms with Gasteiger partial charge in [-0.05, 0) is 30.5 Å². The second kappa shape index (κ2) is 3.98. The number of nitrogens with two attached hydrogens (primary N) is 1. The molecule has 0 aromatic heterocycles. The van der Waals surface area contributed by atoms with Gasteiger partial charge in [-0.25, -0.2) is 4.39 Å². The molecular weight excluding hydrogens is 234 g/mol. The molecule has 0 heterocycles. The normalized spacial score (nSPS) is 18.9. The zero-order valence-electron chi connectivity index (χ0n) is 9.15. The molecule has 0 bridgehead atoms. The summed E-state index contributed by atoms with van der Waals surface area (Å²) in [5.74, 6) is -1.21. The summed E-state index contributed by atoms with van der Waals surface area (Å²) in [6.07, 6.45) is -2.03. The van der Waals surface area contributed by atoms with Crippen molar-refractivity contribution in [2.24, 2.45) is 5.73 Å². The van der Waals surface area contributed by atoms with Crippen molar-refractivity contribution in [3.8, 4) is 0 Å². The predicted molar refractivity (Wildman–Crippen MR) is 56.0 cm³/mol. The van der Waals surface area contributed by atoms with Crippen LogP contribution < -0.4 is 5.73 Å². The second-order valence-electron chi connectivity index (χ2n) is 4.53. The molecule has 1 aliphatic rings. The van der Waals surface area contributed by atoms with Crippen LogP contribution in [0, 0.1) is 5.82 Å². The minimum absolute atomic E-state index is 0.315. The van der Waals surface area contributed by atoms with Gasteiger partial charge in [0, 0.05) is 12.0 Å². The Morgan fingerprint density at radius 1 is 1.24 bits per heavy atom. The molecule has 5 heteroatoms. The fourth-order valence-corrected chi connectivity index (χ4v) is 2.29. The topological polar surface area (TPSA) is 26.0 Å². The molecule has 2 rings (SSSR count). The van der Waals surface area contributed by atoms with Gasteiger partial charge in [-0.1, -0.05) is 12.5 Å². The lowest BCUT2D eigenvalue weighted by Gasteiger charge is -2.41. The predicted octanol–water partition coefficient (Wildman–Crippen LogP) is 3.22. The Bertz CT molecular complexity index is 415. The van der Waals surface area contributed by atoms with Crippen LogP contribution in [0.15, 0.2) is 18.2 Å². The van der Waals surface area contributed by atoms with Gasteiger partial charge in [0.05, 0.1) is 5.56 Å². The highest BCUT2D eigenvalue weighted by Gasteiger charge is 2.39. The van der Waals surface area contributed by atoms with E-state index in [1.165, 1.54) is 6.07 Å². The fourth-order valence-electron chi connectivity index (χ4n) is 2.29. The first kappa shape index (κ1) is 12.4. The summed E-state index contributed by atoms with van der Waals surface area (Å²) in [4.78, 5) is 0. The molecule has 0 unspecified atom stereocenters. The van der Waals surface area contributed by atoms with Crippen molar-refractivity contribution >= 4 is 0 Å². The molecule has 1 saturated carbocycles. The number of hydrogen-bond donors (Lipinski definition) is 1. The molecule has 0 aliphatic heterocycles. The Labute approximate surface area is 96.6 Å². The number of benzene rings is 1. The molecular formula is C12H13F4N. The van der Waals surface area contributed by atoms with Gasteiger partial charge in [-0.3, -0.25) is 0 Å². The van der Waals surface area contributed by atoms with E-state index in [1.807, 2.05) is 0 Å². The van der Waals surface area contributed by atoms with Crippen molar-refractivity contribution in [1.82, 2.24) is 0 Å².